The second-order valence-corrected chi connectivity index (χ2v) is 6.25. The van der Waals surface area contributed by atoms with Crippen LogP contribution in [0, 0.1) is 5.82 Å². The maximum Gasteiger partial charge on any atom is 0.127 e. The molecule has 1 heterocycles. The highest BCUT2D eigenvalue weighted by Gasteiger charge is 2.39. The summed E-state index contributed by atoms with van der Waals surface area (Å²) in [5.74, 6) is 0.00227. The Balaban J connectivity index is 1.94. The molecular weight excluding hydrogens is 207 g/mol. The van der Waals surface area contributed by atoms with E-state index in [0.29, 0.717) is 4.75 Å². The number of rotatable bonds is 0. The molecule has 0 saturated heterocycles. The summed E-state index contributed by atoms with van der Waals surface area (Å²) in [4.78, 5) is 1.19. The Morgan fingerprint density at radius 2 is 1.93 bits per heavy atom. The maximum atomic E-state index is 13.6. The third-order valence-electron chi connectivity index (χ3n) is 3.67. The van der Waals surface area contributed by atoms with E-state index in [9.17, 15) is 4.39 Å². The van der Waals surface area contributed by atoms with E-state index >= 15 is 0 Å². The Kier molecular flexibility index (Phi) is 2.27. The van der Waals surface area contributed by atoms with Gasteiger partial charge in [-0.1, -0.05) is 25.3 Å². The first kappa shape index (κ1) is 9.71. The zero-order valence-corrected chi connectivity index (χ0v) is 9.58. The van der Waals surface area contributed by atoms with Crippen molar-refractivity contribution in [3.63, 3.8) is 0 Å². The molecule has 0 radical (unpaired) electrons. The fourth-order valence-electron chi connectivity index (χ4n) is 2.87. The van der Waals surface area contributed by atoms with Crippen LogP contribution in [-0.2, 0) is 6.42 Å². The molecule has 0 atom stereocenters. The predicted octanol–water partition coefficient (Wildman–Crippen LogP) is 4.18. The highest BCUT2D eigenvalue weighted by Crippen LogP contribution is 2.52. The summed E-state index contributed by atoms with van der Waals surface area (Å²) in [6.45, 7) is 0. The Labute approximate surface area is 94.3 Å². The van der Waals surface area contributed by atoms with E-state index < -0.39 is 0 Å². The van der Waals surface area contributed by atoms with Crippen LogP contribution in [0.5, 0.6) is 0 Å². The molecule has 0 nitrogen and oxygen atoms in total. The fourth-order valence-corrected chi connectivity index (χ4v) is 4.49. The molecule has 1 spiro atoms. The molecule has 1 aliphatic carbocycles. The number of thioether (sulfide) groups is 1. The van der Waals surface area contributed by atoms with Gasteiger partial charge in [-0.05, 0) is 31.4 Å². The van der Waals surface area contributed by atoms with E-state index in [4.69, 9.17) is 0 Å². The van der Waals surface area contributed by atoms with Crippen LogP contribution < -0.4 is 0 Å². The van der Waals surface area contributed by atoms with E-state index in [2.05, 4.69) is 6.07 Å². The van der Waals surface area contributed by atoms with Gasteiger partial charge in [0.15, 0.2) is 0 Å². The van der Waals surface area contributed by atoms with Crippen molar-refractivity contribution < 1.29 is 4.39 Å². The monoisotopic (exact) mass is 222 g/mol. The van der Waals surface area contributed by atoms with Crippen LogP contribution in [0.3, 0.4) is 0 Å². The predicted molar refractivity (Wildman–Crippen MR) is 61.8 cm³/mol. The summed E-state index contributed by atoms with van der Waals surface area (Å²) in [7, 11) is 0. The van der Waals surface area contributed by atoms with Gasteiger partial charge in [-0.15, -0.1) is 11.8 Å². The van der Waals surface area contributed by atoms with Crippen LogP contribution in [0.1, 0.15) is 37.7 Å². The SMILES string of the molecule is Fc1cccc2c1CC1(CCCCC1)S2. The Morgan fingerprint density at radius 3 is 2.67 bits per heavy atom. The van der Waals surface area contributed by atoms with E-state index in [1.807, 2.05) is 17.8 Å². The van der Waals surface area contributed by atoms with E-state index in [0.717, 1.165) is 12.0 Å². The molecular formula is C13H15FS. The zero-order chi connectivity index (χ0) is 10.3. The van der Waals surface area contributed by atoms with E-state index in [1.54, 1.807) is 6.07 Å². The quantitative estimate of drug-likeness (QED) is 0.634. The van der Waals surface area contributed by atoms with Gasteiger partial charge in [0.1, 0.15) is 5.82 Å². The summed E-state index contributed by atoms with van der Waals surface area (Å²) < 4.78 is 14.0. The van der Waals surface area contributed by atoms with Gasteiger partial charge in [-0.3, -0.25) is 0 Å². The van der Waals surface area contributed by atoms with Crippen molar-refractivity contribution in [1.82, 2.24) is 0 Å². The minimum Gasteiger partial charge on any atom is -0.207 e. The van der Waals surface area contributed by atoms with Gasteiger partial charge < -0.3 is 0 Å². The topological polar surface area (TPSA) is 0 Å². The van der Waals surface area contributed by atoms with Gasteiger partial charge in [0.05, 0.1) is 0 Å². The summed E-state index contributed by atoms with van der Waals surface area (Å²) >= 11 is 1.93. The summed E-state index contributed by atoms with van der Waals surface area (Å²) in [5.41, 5.74) is 0.976. The number of fused-ring (bicyclic) bond motifs is 1. The molecule has 0 N–H and O–H groups in total. The van der Waals surface area contributed by atoms with Crippen LogP contribution in [-0.4, -0.2) is 4.75 Å². The molecule has 80 valence electrons. The van der Waals surface area contributed by atoms with Gasteiger partial charge in [0.2, 0.25) is 0 Å². The van der Waals surface area contributed by atoms with Gasteiger partial charge in [0, 0.05) is 15.2 Å². The van der Waals surface area contributed by atoms with Crippen LogP contribution >= 0.6 is 11.8 Å². The number of halogens is 1. The van der Waals surface area contributed by atoms with Crippen molar-refractivity contribution in [3.05, 3.63) is 29.6 Å². The third kappa shape index (κ3) is 1.59. The van der Waals surface area contributed by atoms with Crippen LogP contribution in [0.25, 0.3) is 0 Å². The molecule has 2 heteroatoms. The Bertz CT molecular complexity index is 380. The summed E-state index contributed by atoms with van der Waals surface area (Å²) in [5, 5.41) is 0. The largest absolute Gasteiger partial charge is 0.207 e. The second-order valence-electron chi connectivity index (χ2n) is 4.74. The molecule has 2 aliphatic rings. The normalized spacial score (nSPS) is 23.0. The minimum absolute atomic E-state index is 0.00227. The van der Waals surface area contributed by atoms with Crippen molar-refractivity contribution in [2.24, 2.45) is 0 Å². The van der Waals surface area contributed by atoms with Gasteiger partial charge in [0.25, 0.3) is 0 Å². The molecule has 1 fully saturated rings. The van der Waals surface area contributed by atoms with Crippen molar-refractivity contribution in [2.75, 3.05) is 0 Å². The number of hydrogen-bond acceptors (Lipinski definition) is 1. The highest BCUT2D eigenvalue weighted by atomic mass is 32.2. The Hall–Kier alpha value is -0.500. The average Bonchev–Trinajstić information content (AvgIpc) is 2.59. The first-order chi connectivity index (χ1) is 7.29. The lowest BCUT2D eigenvalue weighted by Crippen LogP contribution is -2.26. The van der Waals surface area contributed by atoms with Gasteiger partial charge in [-0.25, -0.2) is 4.39 Å². The minimum atomic E-state index is 0.00227. The third-order valence-corrected chi connectivity index (χ3v) is 5.25. The average molecular weight is 222 g/mol. The van der Waals surface area contributed by atoms with Crippen LogP contribution in [0.4, 0.5) is 4.39 Å². The molecule has 0 amide bonds. The molecule has 1 aromatic carbocycles. The van der Waals surface area contributed by atoms with Crippen molar-refractivity contribution >= 4 is 11.8 Å². The molecule has 0 aromatic heterocycles. The van der Waals surface area contributed by atoms with Crippen LogP contribution in [0.2, 0.25) is 0 Å². The van der Waals surface area contributed by atoms with Crippen molar-refractivity contribution in [3.8, 4) is 0 Å². The lowest BCUT2D eigenvalue weighted by atomic mass is 9.84. The Morgan fingerprint density at radius 1 is 1.13 bits per heavy atom. The van der Waals surface area contributed by atoms with Crippen LogP contribution in [0.15, 0.2) is 23.1 Å². The first-order valence-electron chi connectivity index (χ1n) is 5.76. The standard InChI is InChI=1S/C13H15FS/c14-11-5-4-6-12-10(11)9-13(15-12)7-2-1-3-8-13/h4-6H,1-3,7-9H2. The lowest BCUT2D eigenvalue weighted by Gasteiger charge is -2.32. The maximum absolute atomic E-state index is 13.6. The van der Waals surface area contributed by atoms with Crippen molar-refractivity contribution in [1.29, 1.82) is 0 Å². The summed E-state index contributed by atoms with van der Waals surface area (Å²) in [6.07, 6.45) is 7.50. The zero-order valence-electron chi connectivity index (χ0n) is 8.76. The van der Waals surface area contributed by atoms with Crippen molar-refractivity contribution in [2.45, 2.75) is 48.2 Å². The molecule has 1 aromatic rings. The molecule has 1 saturated carbocycles. The number of hydrogen-bond donors (Lipinski definition) is 0. The number of benzene rings is 1. The molecule has 0 unspecified atom stereocenters. The summed E-state index contributed by atoms with van der Waals surface area (Å²) in [6, 6.07) is 5.51. The van der Waals surface area contributed by atoms with E-state index in [1.165, 1.54) is 37.0 Å². The lowest BCUT2D eigenvalue weighted by molar-refractivity contribution is 0.397. The second kappa shape index (κ2) is 3.51. The van der Waals surface area contributed by atoms with Gasteiger partial charge in [-0.2, -0.15) is 0 Å². The van der Waals surface area contributed by atoms with E-state index in [-0.39, 0.29) is 5.82 Å². The van der Waals surface area contributed by atoms with Gasteiger partial charge >= 0.3 is 0 Å². The fraction of sp³-hybridized carbons (Fsp3) is 0.538. The highest BCUT2D eigenvalue weighted by molar-refractivity contribution is 8.01. The molecule has 0 bridgehead atoms. The smallest absolute Gasteiger partial charge is 0.127 e. The molecule has 1 aliphatic heterocycles. The molecule has 3 rings (SSSR count). The first-order valence-corrected chi connectivity index (χ1v) is 6.57. The molecule has 15 heavy (non-hydrogen) atoms.